The molecule has 1 aromatic carbocycles. The van der Waals surface area contributed by atoms with E-state index >= 15 is 0 Å². The van der Waals surface area contributed by atoms with Crippen LogP contribution < -0.4 is 10.2 Å². The van der Waals surface area contributed by atoms with Gasteiger partial charge in [-0.3, -0.25) is 9.89 Å². The van der Waals surface area contributed by atoms with E-state index in [-0.39, 0.29) is 5.91 Å². The van der Waals surface area contributed by atoms with Crippen LogP contribution in [0.3, 0.4) is 0 Å². The molecule has 2 aromatic rings. The Balaban J connectivity index is 1.68. The molecule has 0 saturated carbocycles. The van der Waals surface area contributed by atoms with Crippen LogP contribution >= 0.6 is 23.4 Å². The van der Waals surface area contributed by atoms with Crippen LogP contribution in [-0.4, -0.2) is 40.7 Å². The van der Waals surface area contributed by atoms with E-state index in [0.717, 1.165) is 48.8 Å². The molecule has 1 fully saturated rings. The number of aromatic nitrogens is 2. The molecular weight excluding hydrogens is 344 g/mol. The number of hydrogen-bond acceptors (Lipinski definition) is 4. The van der Waals surface area contributed by atoms with Crippen molar-refractivity contribution in [3.8, 4) is 0 Å². The van der Waals surface area contributed by atoms with Crippen molar-refractivity contribution in [3.63, 3.8) is 0 Å². The van der Waals surface area contributed by atoms with Crippen molar-refractivity contribution in [1.29, 1.82) is 0 Å². The Labute approximate surface area is 151 Å². The van der Waals surface area contributed by atoms with Crippen molar-refractivity contribution in [2.24, 2.45) is 0 Å². The number of rotatable bonds is 5. The van der Waals surface area contributed by atoms with Gasteiger partial charge in [0.25, 0.3) is 5.91 Å². The first-order valence-electron chi connectivity index (χ1n) is 8.15. The van der Waals surface area contributed by atoms with Crippen molar-refractivity contribution in [1.82, 2.24) is 10.2 Å². The molecule has 24 heavy (non-hydrogen) atoms. The average molecular weight is 365 g/mol. The zero-order valence-electron chi connectivity index (χ0n) is 13.6. The summed E-state index contributed by atoms with van der Waals surface area (Å²) in [6.07, 6.45) is 1.89. The fourth-order valence-corrected chi connectivity index (χ4v) is 3.92. The lowest BCUT2D eigenvalue weighted by atomic mass is 10.2. The number of aromatic amines is 1. The molecule has 0 unspecified atom stereocenters. The van der Waals surface area contributed by atoms with E-state index < -0.39 is 0 Å². The minimum atomic E-state index is -0.230. The molecular formula is C17H21ClN4OS. The Morgan fingerprint density at radius 2 is 2.17 bits per heavy atom. The van der Waals surface area contributed by atoms with Crippen LogP contribution in [-0.2, 0) is 6.42 Å². The highest BCUT2D eigenvalue weighted by molar-refractivity contribution is 7.99. The summed E-state index contributed by atoms with van der Waals surface area (Å²) in [6.45, 7) is 4.10. The molecule has 3 rings (SSSR count). The highest BCUT2D eigenvalue weighted by atomic mass is 35.5. The lowest BCUT2D eigenvalue weighted by molar-refractivity contribution is 0.102. The summed E-state index contributed by atoms with van der Waals surface area (Å²) in [5.74, 6) is 2.01. The van der Waals surface area contributed by atoms with E-state index in [2.05, 4.69) is 27.3 Å². The second-order valence-corrected chi connectivity index (χ2v) is 7.38. The van der Waals surface area contributed by atoms with Gasteiger partial charge in [-0.05, 0) is 30.7 Å². The number of anilines is 2. The van der Waals surface area contributed by atoms with Crippen LogP contribution in [0.15, 0.2) is 24.3 Å². The number of nitrogens with zero attached hydrogens (tertiary/aromatic N) is 2. The number of benzene rings is 1. The maximum atomic E-state index is 12.3. The Hall–Kier alpha value is -1.66. The zero-order valence-corrected chi connectivity index (χ0v) is 15.2. The molecule has 1 amide bonds. The predicted octanol–water partition coefficient (Wildman–Crippen LogP) is 3.82. The van der Waals surface area contributed by atoms with Gasteiger partial charge in [0.2, 0.25) is 0 Å². The van der Waals surface area contributed by atoms with Crippen molar-refractivity contribution in [2.45, 2.75) is 19.8 Å². The molecule has 0 aliphatic carbocycles. The van der Waals surface area contributed by atoms with E-state index in [9.17, 15) is 4.79 Å². The minimum absolute atomic E-state index is 0.230. The van der Waals surface area contributed by atoms with E-state index in [1.165, 1.54) is 0 Å². The molecule has 0 bridgehead atoms. The number of halogens is 1. The topological polar surface area (TPSA) is 61.0 Å². The third-order valence-electron chi connectivity index (χ3n) is 3.94. The highest BCUT2D eigenvalue weighted by Gasteiger charge is 2.16. The zero-order chi connectivity index (χ0) is 16.9. The summed E-state index contributed by atoms with van der Waals surface area (Å²) in [5, 5.41) is 10.5. The maximum Gasteiger partial charge on any atom is 0.276 e. The molecule has 2 heterocycles. The van der Waals surface area contributed by atoms with Crippen molar-refractivity contribution < 1.29 is 4.79 Å². The van der Waals surface area contributed by atoms with Crippen LogP contribution in [0, 0.1) is 0 Å². The van der Waals surface area contributed by atoms with Crippen LogP contribution in [0.4, 0.5) is 11.4 Å². The molecule has 0 atom stereocenters. The normalized spacial score (nSPS) is 14.7. The van der Waals surface area contributed by atoms with E-state index in [4.69, 9.17) is 11.6 Å². The first-order chi connectivity index (χ1) is 11.7. The van der Waals surface area contributed by atoms with Crippen LogP contribution in [0.1, 0.15) is 29.5 Å². The molecule has 1 aromatic heterocycles. The van der Waals surface area contributed by atoms with Gasteiger partial charge in [0, 0.05) is 36.0 Å². The van der Waals surface area contributed by atoms with Gasteiger partial charge in [0.15, 0.2) is 5.69 Å². The van der Waals surface area contributed by atoms with Crippen LogP contribution in [0.25, 0.3) is 0 Å². The van der Waals surface area contributed by atoms with Gasteiger partial charge in [-0.1, -0.05) is 24.9 Å². The van der Waals surface area contributed by atoms with Gasteiger partial charge >= 0.3 is 0 Å². The summed E-state index contributed by atoms with van der Waals surface area (Å²) < 4.78 is 0. The predicted molar refractivity (Wildman–Crippen MR) is 102 cm³/mol. The second-order valence-electron chi connectivity index (χ2n) is 5.75. The Morgan fingerprint density at radius 3 is 2.88 bits per heavy atom. The third-order valence-corrected chi connectivity index (χ3v) is 5.19. The maximum absolute atomic E-state index is 12.3. The van der Waals surface area contributed by atoms with Gasteiger partial charge < -0.3 is 10.2 Å². The van der Waals surface area contributed by atoms with Crippen molar-refractivity contribution in [3.05, 3.63) is 40.7 Å². The molecule has 1 aliphatic rings. The SMILES string of the molecule is CCCc1cc(C(=O)Nc2ccc(N3CCSCC3)c(Cl)c2)n[nH]1. The summed E-state index contributed by atoms with van der Waals surface area (Å²) in [6, 6.07) is 7.46. The lowest BCUT2D eigenvalue weighted by Gasteiger charge is -2.29. The van der Waals surface area contributed by atoms with Crippen LogP contribution in [0.2, 0.25) is 5.02 Å². The summed E-state index contributed by atoms with van der Waals surface area (Å²) >= 11 is 8.38. The monoisotopic (exact) mass is 364 g/mol. The first-order valence-corrected chi connectivity index (χ1v) is 9.68. The fourth-order valence-electron chi connectivity index (χ4n) is 2.72. The van der Waals surface area contributed by atoms with Gasteiger partial charge in [0.1, 0.15) is 0 Å². The lowest BCUT2D eigenvalue weighted by Crippen LogP contribution is -2.32. The van der Waals surface area contributed by atoms with E-state index in [0.29, 0.717) is 16.4 Å². The molecule has 1 aliphatic heterocycles. The standard InChI is InChI=1S/C17H21ClN4OS/c1-2-3-13-11-15(21-20-13)17(23)19-12-4-5-16(14(18)10-12)22-6-8-24-9-7-22/h4-5,10-11H,2-3,6-9H2,1H3,(H,19,23)(H,20,21). The number of carbonyl (C=O) groups is 1. The Kier molecular flexibility index (Phi) is 5.68. The number of nitrogens with one attached hydrogen (secondary N) is 2. The Morgan fingerprint density at radius 1 is 1.38 bits per heavy atom. The second kappa shape index (κ2) is 7.94. The van der Waals surface area contributed by atoms with Gasteiger partial charge in [-0.2, -0.15) is 16.9 Å². The summed E-state index contributed by atoms with van der Waals surface area (Å²) in [5.41, 5.74) is 3.07. The van der Waals surface area contributed by atoms with Crippen molar-refractivity contribution in [2.75, 3.05) is 34.8 Å². The quantitative estimate of drug-likeness (QED) is 0.846. The van der Waals surface area contributed by atoms with Gasteiger partial charge in [-0.15, -0.1) is 0 Å². The van der Waals surface area contributed by atoms with Crippen LogP contribution in [0.5, 0.6) is 0 Å². The number of carbonyl (C=O) groups excluding carboxylic acids is 1. The highest BCUT2D eigenvalue weighted by Crippen LogP contribution is 2.30. The number of H-pyrrole nitrogens is 1. The Bertz CT molecular complexity index is 712. The number of thioether (sulfide) groups is 1. The largest absolute Gasteiger partial charge is 0.369 e. The molecule has 0 spiro atoms. The number of amides is 1. The third kappa shape index (κ3) is 4.05. The smallest absolute Gasteiger partial charge is 0.276 e. The van der Waals surface area contributed by atoms with Gasteiger partial charge in [-0.25, -0.2) is 0 Å². The molecule has 128 valence electrons. The van der Waals surface area contributed by atoms with Gasteiger partial charge in [0.05, 0.1) is 10.7 Å². The minimum Gasteiger partial charge on any atom is -0.369 e. The molecule has 2 N–H and O–H groups in total. The summed E-state index contributed by atoms with van der Waals surface area (Å²) in [7, 11) is 0. The first kappa shape index (κ1) is 17.2. The molecule has 7 heteroatoms. The molecule has 0 radical (unpaired) electrons. The average Bonchev–Trinajstić information content (AvgIpc) is 3.05. The van der Waals surface area contributed by atoms with E-state index in [1.807, 2.05) is 23.9 Å². The molecule has 1 saturated heterocycles. The molecule has 5 nitrogen and oxygen atoms in total. The summed E-state index contributed by atoms with van der Waals surface area (Å²) in [4.78, 5) is 14.6. The van der Waals surface area contributed by atoms with Crippen molar-refractivity contribution >= 4 is 40.6 Å². The number of hydrogen-bond donors (Lipinski definition) is 2. The number of aryl methyl sites for hydroxylation is 1. The van der Waals surface area contributed by atoms with E-state index in [1.54, 1.807) is 12.1 Å². The fraction of sp³-hybridized carbons (Fsp3) is 0.412.